The fraction of sp³-hybridized carbons (Fsp3) is 0.280. The summed E-state index contributed by atoms with van der Waals surface area (Å²) in [5.74, 6) is 0.233. The summed E-state index contributed by atoms with van der Waals surface area (Å²) in [5, 5.41) is 7.74. The minimum absolute atomic E-state index is 0.254. The van der Waals surface area contributed by atoms with Gasteiger partial charge in [-0.25, -0.2) is 4.79 Å². The maximum absolute atomic E-state index is 13.0. The molecule has 0 saturated heterocycles. The van der Waals surface area contributed by atoms with Crippen LogP contribution >= 0.6 is 0 Å². The lowest BCUT2D eigenvalue weighted by atomic mass is 10.1. The maximum atomic E-state index is 13.0. The van der Waals surface area contributed by atoms with Gasteiger partial charge in [0.2, 0.25) is 0 Å². The van der Waals surface area contributed by atoms with E-state index in [0.717, 1.165) is 22.0 Å². The van der Waals surface area contributed by atoms with E-state index in [-0.39, 0.29) is 5.91 Å². The molecule has 0 saturated carbocycles. The van der Waals surface area contributed by atoms with E-state index in [1.54, 1.807) is 12.1 Å². The molecule has 0 fully saturated rings. The van der Waals surface area contributed by atoms with Crippen LogP contribution < -0.4 is 15.4 Å². The van der Waals surface area contributed by atoms with Crippen molar-refractivity contribution in [2.45, 2.75) is 32.8 Å². The molecule has 0 bridgehead atoms. The average Bonchev–Trinajstić information content (AvgIpc) is 2.72. The van der Waals surface area contributed by atoms with Crippen molar-refractivity contribution < 1.29 is 19.1 Å². The van der Waals surface area contributed by atoms with Crippen LogP contribution in [0.3, 0.4) is 0 Å². The number of hydrogen-bond donors (Lipinski definition) is 2. The number of anilines is 1. The first kappa shape index (κ1) is 22.2. The molecule has 6 nitrogen and oxygen atoms in total. The first-order valence-electron chi connectivity index (χ1n) is 10.2. The molecule has 31 heavy (non-hydrogen) atoms. The summed E-state index contributed by atoms with van der Waals surface area (Å²) in [6, 6.07) is 19.1. The molecule has 0 heterocycles. The van der Waals surface area contributed by atoms with Crippen molar-refractivity contribution >= 4 is 28.5 Å². The number of hydrogen-bond acceptors (Lipinski definition) is 4. The number of nitrogens with one attached hydrogen (secondary N) is 2. The first-order valence-corrected chi connectivity index (χ1v) is 10.2. The zero-order chi connectivity index (χ0) is 22.4. The Morgan fingerprint density at radius 3 is 2.45 bits per heavy atom. The number of methoxy groups -OCH3 is 1. The van der Waals surface area contributed by atoms with Crippen LogP contribution in [0.15, 0.2) is 60.7 Å². The van der Waals surface area contributed by atoms with Crippen LogP contribution in [0.25, 0.3) is 10.8 Å². The van der Waals surface area contributed by atoms with Crippen molar-refractivity contribution in [1.29, 1.82) is 0 Å². The van der Waals surface area contributed by atoms with Gasteiger partial charge in [0.25, 0.3) is 5.91 Å². The minimum Gasteiger partial charge on any atom is -0.496 e. The molecule has 0 aromatic heterocycles. The first-order chi connectivity index (χ1) is 14.8. The topological polar surface area (TPSA) is 76.7 Å². The molecule has 0 spiro atoms. The third kappa shape index (κ3) is 5.98. The Labute approximate surface area is 182 Å². The Morgan fingerprint density at radius 2 is 1.71 bits per heavy atom. The Balaban J connectivity index is 1.72. The van der Waals surface area contributed by atoms with E-state index in [1.807, 2.05) is 69.3 Å². The van der Waals surface area contributed by atoms with Gasteiger partial charge in [-0.1, -0.05) is 42.5 Å². The molecular weight excluding hydrogens is 392 g/mol. The van der Waals surface area contributed by atoms with E-state index in [4.69, 9.17) is 9.47 Å². The van der Waals surface area contributed by atoms with E-state index >= 15 is 0 Å². The van der Waals surface area contributed by atoms with Crippen molar-refractivity contribution in [3.05, 3.63) is 71.8 Å². The highest BCUT2D eigenvalue weighted by Gasteiger charge is 2.17. The lowest BCUT2D eigenvalue weighted by Crippen LogP contribution is -2.33. The van der Waals surface area contributed by atoms with Crippen LogP contribution in [0.4, 0.5) is 10.5 Å². The Kier molecular flexibility index (Phi) is 6.80. The molecule has 2 N–H and O–H groups in total. The van der Waals surface area contributed by atoms with E-state index in [0.29, 0.717) is 24.3 Å². The van der Waals surface area contributed by atoms with Crippen molar-refractivity contribution in [2.75, 3.05) is 19.0 Å². The Morgan fingerprint density at radius 1 is 0.968 bits per heavy atom. The van der Waals surface area contributed by atoms with Gasteiger partial charge in [-0.3, -0.25) is 4.79 Å². The SMILES string of the molecule is COc1ccc(CCNC(=O)OC(C)(C)C)cc1C(=O)Nc1cccc2ccccc12. The standard InChI is InChI=1S/C25H28N2O4/c1-25(2,3)31-24(29)26-15-14-17-12-13-22(30-4)20(16-17)23(28)27-21-11-7-9-18-8-5-6-10-19(18)21/h5-13,16H,14-15H2,1-4H3,(H,26,29)(H,27,28). The summed E-state index contributed by atoms with van der Waals surface area (Å²) >= 11 is 0. The fourth-order valence-electron chi connectivity index (χ4n) is 3.24. The van der Waals surface area contributed by atoms with Gasteiger partial charge in [0.05, 0.1) is 12.7 Å². The van der Waals surface area contributed by atoms with Crippen LogP contribution in [0, 0.1) is 0 Å². The Bertz CT molecular complexity index is 1080. The summed E-state index contributed by atoms with van der Waals surface area (Å²) in [5.41, 5.74) is 1.53. The zero-order valence-electron chi connectivity index (χ0n) is 18.3. The molecule has 0 aliphatic heterocycles. The molecule has 3 aromatic rings. The van der Waals surface area contributed by atoms with Gasteiger partial charge < -0.3 is 20.1 Å². The third-order valence-corrected chi connectivity index (χ3v) is 4.63. The normalized spacial score (nSPS) is 11.1. The smallest absolute Gasteiger partial charge is 0.407 e. The lowest BCUT2D eigenvalue weighted by Gasteiger charge is -2.19. The zero-order valence-corrected chi connectivity index (χ0v) is 18.3. The third-order valence-electron chi connectivity index (χ3n) is 4.63. The predicted molar refractivity (Wildman–Crippen MR) is 123 cm³/mol. The molecule has 6 heteroatoms. The summed E-state index contributed by atoms with van der Waals surface area (Å²) in [6.07, 6.45) is 0.0903. The summed E-state index contributed by atoms with van der Waals surface area (Å²) in [6.45, 7) is 5.84. The van der Waals surface area contributed by atoms with Crippen LogP contribution in [0.5, 0.6) is 5.75 Å². The summed E-state index contributed by atoms with van der Waals surface area (Å²) in [4.78, 5) is 24.9. The Hall–Kier alpha value is -3.54. The number of benzene rings is 3. The van der Waals surface area contributed by atoms with E-state index in [9.17, 15) is 9.59 Å². The van der Waals surface area contributed by atoms with Gasteiger partial charge in [-0.05, 0) is 56.3 Å². The highest BCUT2D eigenvalue weighted by molar-refractivity contribution is 6.10. The molecule has 0 aliphatic rings. The summed E-state index contributed by atoms with van der Waals surface area (Å²) < 4.78 is 10.6. The van der Waals surface area contributed by atoms with Gasteiger partial charge in [0.1, 0.15) is 11.4 Å². The van der Waals surface area contributed by atoms with E-state index in [2.05, 4.69) is 10.6 Å². The highest BCUT2D eigenvalue weighted by atomic mass is 16.6. The van der Waals surface area contributed by atoms with Crippen LogP contribution in [0.2, 0.25) is 0 Å². The number of rotatable bonds is 6. The summed E-state index contributed by atoms with van der Waals surface area (Å²) in [7, 11) is 1.54. The number of ether oxygens (including phenoxy) is 2. The van der Waals surface area contributed by atoms with E-state index in [1.165, 1.54) is 7.11 Å². The van der Waals surface area contributed by atoms with Crippen molar-refractivity contribution in [2.24, 2.45) is 0 Å². The molecule has 3 rings (SSSR count). The van der Waals surface area contributed by atoms with Gasteiger partial charge in [0.15, 0.2) is 0 Å². The molecule has 2 amide bonds. The highest BCUT2D eigenvalue weighted by Crippen LogP contribution is 2.26. The second-order valence-electron chi connectivity index (χ2n) is 8.19. The van der Waals surface area contributed by atoms with Crippen LogP contribution in [-0.4, -0.2) is 31.3 Å². The van der Waals surface area contributed by atoms with Crippen molar-refractivity contribution in [3.8, 4) is 5.75 Å². The monoisotopic (exact) mass is 420 g/mol. The van der Waals surface area contributed by atoms with Gasteiger partial charge in [-0.2, -0.15) is 0 Å². The second-order valence-corrected chi connectivity index (χ2v) is 8.19. The number of carbonyl (C=O) groups is 2. The number of fused-ring (bicyclic) bond motifs is 1. The van der Waals surface area contributed by atoms with Crippen molar-refractivity contribution in [1.82, 2.24) is 5.32 Å². The largest absolute Gasteiger partial charge is 0.496 e. The molecule has 0 aliphatic carbocycles. The number of carbonyl (C=O) groups excluding carboxylic acids is 2. The number of amides is 2. The quantitative estimate of drug-likeness (QED) is 0.577. The molecular formula is C25H28N2O4. The minimum atomic E-state index is -0.545. The predicted octanol–water partition coefficient (Wildman–Crippen LogP) is 5.17. The second kappa shape index (κ2) is 9.51. The molecule has 162 valence electrons. The number of alkyl carbamates (subject to hydrolysis) is 1. The fourth-order valence-corrected chi connectivity index (χ4v) is 3.24. The maximum Gasteiger partial charge on any atom is 0.407 e. The van der Waals surface area contributed by atoms with Gasteiger partial charge >= 0.3 is 6.09 Å². The average molecular weight is 421 g/mol. The molecule has 0 atom stereocenters. The van der Waals surface area contributed by atoms with Crippen LogP contribution in [0.1, 0.15) is 36.7 Å². The molecule has 0 radical (unpaired) electrons. The van der Waals surface area contributed by atoms with Crippen molar-refractivity contribution in [3.63, 3.8) is 0 Å². The molecule has 3 aromatic carbocycles. The van der Waals surface area contributed by atoms with Crippen LogP contribution in [-0.2, 0) is 11.2 Å². The van der Waals surface area contributed by atoms with E-state index < -0.39 is 11.7 Å². The molecule has 0 unspecified atom stereocenters. The van der Waals surface area contributed by atoms with Gasteiger partial charge in [0, 0.05) is 17.6 Å². The lowest BCUT2D eigenvalue weighted by molar-refractivity contribution is 0.0528. The van der Waals surface area contributed by atoms with Gasteiger partial charge in [-0.15, -0.1) is 0 Å².